The van der Waals surface area contributed by atoms with Crippen LogP contribution in [0.4, 0.5) is 5.82 Å². The molecule has 4 rings (SSSR count). The molecule has 0 spiro atoms. The first kappa shape index (κ1) is 16.7. The summed E-state index contributed by atoms with van der Waals surface area (Å²) >= 11 is 0. The van der Waals surface area contributed by atoms with Crippen LogP contribution >= 0.6 is 0 Å². The molecule has 3 aromatic rings. The van der Waals surface area contributed by atoms with Gasteiger partial charge in [-0.3, -0.25) is 14.5 Å². The SMILES string of the molecule is CC(c1ccncc1)N1CCC(Nc2cc(-n3ccnc3)ncn2)CC1. The second-order valence-corrected chi connectivity index (χ2v) is 6.64. The van der Waals surface area contributed by atoms with Crippen LogP contribution in [-0.4, -0.2) is 48.5 Å². The summed E-state index contributed by atoms with van der Waals surface area (Å²) < 4.78 is 1.88. The van der Waals surface area contributed by atoms with Crippen LogP contribution < -0.4 is 5.32 Å². The summed E-state index contributed by atoms with van der Waals surface area (Å²) in [6.07, 6.45) is 12.9. The zero-order valence-electron chi connectivity index (χ0n) is 14.9. The van der Waals surface area contributed by atoms with E-state index in [9.17, 15) is 0 Å². The fourth-order valence-electron chi connectivity index (χ4n) is 3.45. The van der Waals surface area contributed by atoms with Crippen LogP contribution in [0.2, 0.25) is 0 Å². The molecule has 0 saturated carbocycles. The average molecular weight is 349 g/mol. The Hall–Kier alpha value is -2.80. The third-order valence-electron chi connectivity index (χ3n) is 5.04. The number of nitrogens with zero attached hydrogens (tertiary/aromatic N) is 6. The van der Waals surface area contributed by atoms with Gasteiger partial charge in [0.05, 0.1) is 0 Å². The third kappa shape index (κ3) is 3.72. The minimum atomic E-state index is 0.422. The number of rotatable bonds is 5. The summed E-state index contributed by atoms with van der Waals surface area (Å²) in [5, 5.41) is 3.56. The molecule has 0 radical (unpaired) electrons. The largest absolute Gasteiger partial charge is 0.367 e. The molecule has 4 heterocycles. The van der Waals surface area contributed by atoms with Crippen LogP contribution in [0.25, 0.3) is 5.82 Å². The number of hydrogen-bond acceptors (Lipinski definition) is 6. The molecule has 7 heteroatoms. The average Bonchev–Trinajstić information content (AvgIpc) is 3.24. The van der Waals surface area contributed by atoms with Gasteiger partial charge in [-0.2, -0.15) is 0 Å². The highest BCUT2D eigenvalue weighted by Crippen LogP contribution is 2.25. The Kier molecular flexibility index (Phi) is 4.88. The molecule has 0 bridgehead atoms. The first-order valence-electron chi connectivity index (χ1n) is 9.00. The quantitative estimate of drug-likeness (QED) is 0.764. The van der Waals surface area contributed by atoms with Crippen molar-refractivity contribution in [3.8, 4) is 5.82 Å². The normalized spacial score (nSPS) is 17.1. The van der Waals surface area contributed by atoms with Gasteiger partial charge in [-0.1, -0.05) is 0 Å². The molecule has 3 aromatic heterocycles. The molecule has 7 nitrogen and oxygen atoms in total. The van der Waals surface area contributed by atoms with Crippen molar-refractivity contribution in [1.29, 1.82) is 0 Å². The molecule has 0 amide bonds. The van der Waals surface area contributed by atoms with Gasteiger partial charge in [0, 0.05) is 56.0 Å². The van der Waals surface area contributed by atoms with Gasteiger partial charge < -0.3 is 5.32 Å². The molecular formula is C19H23N7. The topological polar surface area (TPSA) is 71.8 Å². The highest BCUT2D eigenvalue weighted by molar-refractivity contribution is 5.41. The molecule has 0 aliphatic carbocycles. The maximum absolute atomic E-state index is 4.37. The smallest absolute Gasteiger partial charge is 0.143 e. The molecule has 1 unspecified atom stereocenters. The Labute approximate surface area is 153 Å². The highest BCUT2D eigenvalue weighted by Gasteiger charge is 2.23. The fourth-order valence-corrected chi connectivity index (χ4v) is 3.45. The van der Waals surface area contributed by atoms with E-state index >= 15 is 0 Å². The number of anilines is 1. The highest BCUT2D eigenvalue weighted by atomic mass is 15.2. The van der Waals surface area contributed by atoms with E-state index in [4.69, 9.17) is 0 Å². The van der Waals surface area contributed by atoms with E-state index in [0.29, 0.717) is 12.1 Å². The van der Waals surface area contributed by atoms with Crippen molar-refractivity contribution in [2.24, 2.45) is 0 Å². The molecular weight excluding hydrogens is 326 g/mol. The maximum Gasteiger partial charge on any atom is 0.143 e. The third-order valence-corrected chi connectivity index (χ3v) is 5.04. The lowest BCUT2D eigenvalue weighted by Crippen LogP contribution is -2.40. The van der Waals surface area contributed by atoms with E-state index in [0.717, 1.165) is 37.6 Å². The van der Waals surface area contributed by atoms with Gasteiger partial charge in [-0.15, -0.1) is 0 Å². The van der Waals surface area contributed by atoms with E-state index in [-0.39, 0.29) is 0 Å². The Balaban J connectivity index is 1.35. The van der Waals surface area contributed by atoms with Gasteiger partial charge in [-0.05, 0) is 37.5 Å². The van der Waals surface area contributed by atoms with Gasteiger partial charge in [0.1, 0.15) is 24.3 Å². The second kappa shape index (κ2) is 7.61. The molecule has 1 saturated heterocycles. The van der Waals surface area contributed by atoms with E-state index < -0.39 is 0 Å². The zero-order chi connectivity index (χ0) is 17.8. The van der Waals surface area contributed by atoms with Crippen molar-refractivity contribution in [3.05, 3.63) is 61.2 Å². The minimum Gasteiger partial charge on any atom is -0.367 e. The summed E-state index contributed by atoms with van der Waals surface area (Å²) in [4.78, 5) is 19.4. The van der Waals surface area contributed by atoms with Crippen molar-refractivity contribution < 1.29 is 0 Å². The van der Waals surface area contributed by atoms with E-state index in [1.54, 1.807) is 18.9 Å². The van der Waals surface area contributed by atoms with Crippen LogP contribution in [0.1, 0.15) is 31.4 Å². The Morgan fingerprint density at radius 3 is 2.62 bits per heavy atom. The zero-order valence-corrected chi connectivity index (χ0v) is 14.9. The molecule has 1 aliphatic rings. The summed E-state index contributed by atoms with van der Waals surface area (Å²) in [5.74, 6) is 1.69. The Morgan fingerprint density at radius 2 is 1.88 bits per heavy atom. The molecule has 1 aliphatic heterocycles. The van der Waals surface area contributed by atoms with Crippen LogP contribution in [-0.2, 0) is 0 Å². The summed E-state index contributed by atoms with van der Waals surface area (Å²) in [5.41, 5.74) is 1.33. The van der Waals surface area contributed by atoms with Crippen LogP contribution in [0.5, 0.6) is 0 Å². The van der Waals surface area contributed by atoms with E-state index in [2.05, 4.69) is 49.2 Å². The molecule has 1 fully saturated rings. The molecule has 134 valence electrons. The maximum atomic E-state index is 4.37. The molecule has 0 aromatic carbocycles. The minimum absolute atomic E-state index is 0.422. The molecule has 1 N–H and O–H groups in total. The number of likely N-dealkylation sites (tertiary alicyclic amines) is 1. The number of hydrogen-bond donors (Lipinski definition) is 1. The molecule has 26 heavy (non-hydrogen) atoms. The number of piperidine rings is 1. The van der Waals surface area contributed by atoms with Gasteiger partial charge in [0.2, 0.25) is 0 Å². The van der Waals surface area contributed by atoms with Crippen molar-refractivity contribution in [2.75, 3.05) is 18.4 Å². The lowest BCUT2D eigenvalue weighted by atomic mass is 10.0. The number of imidazole rings is 1. The summed E-state index contributed by atoms with van der Waals surface area (Å²) in [6, 6.07) is 7.03. The van der Waals surface area contributed by atoms with Crippen LogP contribution in [0, 0.1) is 0 Å². The van der Waals surface area contributed by atoms with Crippen molar-refractivity contribution >= 4 is 5.82 Å². The number of aromatic nitrogens is 5. The first-order valence-corrected chi connectivity index (χ1v) is 9.00. The number of nitrogens with one attached hydrogen (secondary N) is 1. The number of pyridine rings is 1. The van der Waals surface area contributed by atoms with Crippen molar-refractivity contribution in [3.63, 3.8) is 0 Å². The first-order chi connectivity index (χ1) is 12.8. The Morgan fingerprint density at radius 1 is 1.08 bits per heavy atom. The van der Waals surface area contributed by atoms with Crippen LogP contribution in [0.3, 0.4) is 0 Å². The second-order valence-electron chi connectivity index (χ2n) is 6.64. The lowest BCUT2D eigenvalue weighted by molar-refractivity contribution is 0.167. The Bertz CT molecular complexity index is 811. The predicted molar refractivity (Wildman–Crippen MR) is 100 cm³/mol. The van der Waals surface area contributed by atoms with E-state index in [1.807, 2.05) is 29.2 Å². The van der Waals surface area contributed by atoms with Gasteiger partial charge >= 0.3 is 0 Å². The fraction of sp³-hybridized carbons (Fsp3) is 0.368. The monoisotopic (exact) mass is 349 g/mol. The lowest BCUT2D eigenvalue weighted by Gasteiger charge is -2.36. The summed E-state index contributed by atoms with van der Waals surface area (Å²) in [7, 11) is 0. The van der Waals surface area contributed by atoms with Gasteiger partial charge in [0.15, 0.2) is 0 Å². The van der Waals surface area contributed by atoms with Gasteiger partial charge in [0.25, 0.3) is 0 Å². The van der Waals surface area contributed by atoms with Crippen molar-refractivity contribution in [2.45, 2.75) is 31.8 Å². The van der Waals surface area contributed by atoms with Crippen LogP contribution in [0.15, 0.2) is 55.6 Å². The standard InChI is InChI=1S/C19H23N7/c1-15(16-2-6-20-7-3-16)25-9-4-17(5-10-25)24-18-12-19(23-13-22-18)26-11-8-21-14-26/h2-3,6-8,11-15,17H,4-5,9-10H2,1H3,(H,22,23,24). The van der Waals surface area contributed by atoms with Gasteiger partial charge in [-0.25, -0.2) is 15.0 Å². The predicted octanol–water partition coefficient (Wildman–Crippen LogP) is 2.69. The van der Waals surface area contributed by atoms with E-state index in [1.165, 1.54) is 5.56 Å². The summed E-state index contributed by atoms with van der Waals surface area (Å²) in [6.45, 7) is 4.41. The molecule has 1 atom stereocenters. The van der Waals surface area contributed by atoms with Crippen molar-refractivity contribution in [1.82, 2.24) is 29.4 Å².